The molecule has 0 heterocycles. The molecule has 2 amide bonds. The van der Waals surface area contributed by atoms with E-state index in [1.165, 1.54) is 11.1 Å². The third-order valence-electron chi connectivity index (χ3n) is 4.95. The molecule has 3 aromatic rings. The number of para-hydroxylation sites is 1. The molecule has 0 saturated carbocycles. The van der Waals surface area contributed by atoms with Gasteiger partial charge in [-0.2, -0.15) is 0 Å². The van der Waals surface area contributed by atoms with E-state index in [0.29, 0.717) is 12.5 Å². The van der Waals surface area contributed by atoms with Gasteiger partial charge < -0.3 is 10.6 Å². The molecule has 0 saturated heterocycles. The third-order valence-corrected chi connectivity index (χ3v) is 4.95. The van der Waals surface area contributed by atoms with Crippen LogP contribution in [-0.2, 0) is 0 Å². The standard InChI is InChI=1S/C25H28N2O/c1-19(2)22-15-9-10-16-24(22)27-25(28)26-18-17-23(20-11-5-3-6-12-20)21-13-7-4-8-14-21/h3-16,19,23H,17-18H2,1-2H3,(H2,26,27,28). The van der Waals surface area contributed by atoms with Crippen molar-refractivity contribution in [3.05, 3.63) is 102 Å². The van der Waals surface area contributed by atoms with Gasteiger partial charge >= 0.3 is 6.03 Å². The predicted octanol–water partition coefficient (Wildman–Crippen LogP) is 6.15. The van der Waals surface area contributed by atoms with Crippen LogP contribution in [0.25, 0.3) is 0 Å². The Balaban J connectivity index is 1.62. The van der Waals surface area contributed by atoms with Gasteiger partial charge in [-0.3, -0.25) is 0 Å². The summed E-state index contributed by atoms with van der Waals surface area (Å²) in [6, 6.07) is 28.7. The number of carbonyl (C=O) groups is 1. The number of benzene rings is 3. The molecular formula is C25H28N2O. The number of rotatable bonds is 7. The van der Waals surface area contributed by atoms with Crippen LogP contribution in [0.15, 0.2) is 84.9 Å². The lowest BCUT2D eigenvalue weighted by atomic mass is 9.88. The zero-order valence-electron chi connectivity index (χ0n) is 16.6. The maximum atomic E-state index is 12.4. The highest BCUT2D eigenvalue weighted by atomic mass is 16.2. The van der Waals surface area contributed by atoms with Gasteiger partial charge in [0.25, 0.3) is 0 Å². The first kappa shape index (κ1) is 19.7. The highest BCUT2D eigenvalue weighted by Crippen LogP contribution is 2.27. The van der Waals surface area contributed by atoms with Crippen LogP contribution in [0.4, 0.5) is 10.5 Å². The van der Waals surface area contributed by atoms with E-state index in [0.717, 1.165) is 17.7 Å². The van der Waals surface area contributed by atoms with Gasteiger partial charge in [-0.25, -0.2) is 4.79 Å². The predicted molar refractivity (Wildman–Crippen MR) is 117 cm³/mol. The lowest BCUT2D eigenvalue weighted by Gasteiger charge is -2.19. The van der Waals surface area contributed by atoms with Crippen molar-refractivity contribution in [1.29, 1.82) is 0 Å². The topological polar surface area (TPSA) is 41.1 Å². The van der Waals surface area contributed by atoms with Crippen LogP contribution in [0.5, 0.6) is 0 Å². The second-order valence-corrected chi connectivity index (χ2v) is 7.29. The lowest BCUT2D eigenvalue weighted by molar-refractivity contribution is 0.252. The number of carbonyl (C=O) groups excluding carboxylic acids is 1. The zero-order valence-corrected chi connectivity index (χ0v) is 16.6. The minimum Gasteiger partial charge on any atom is -0.338 e. The van der Waals surface area contributed by atoms with Crippen LogP contribution >= 0.6 is 0 Å². The van der Waals surface area contributed by atoms with Crippen LogP contribution in [0.3, 0.4) is 0 Å². The van der Waals surface area contributed by atoms with Gasteiger partial charge in [0.2, 0.25) is 0 Å². The first-order valence-corrected chi connectivity index (χ1v) is 9.89. The largest absolute Gasteiger partial charge is 0.338 e. The minimum atomic E-state index is -0.159. The Morgan fingerprint density at radius 3 is 1.89 bits per heavy atom. The number of amides is 2. The van der Waals surface area contributed by atoms with Crippen LogP contribution < -0.4 is 10.6 Å². The van der Waals surface area contributed by atoms with Crippen molar-refractivity contribution in [2.24, 2.45) is 0 Å². The second kappa shape index (κ2) is 9.75. The summed E-state index contributed by atoms with van der Waals surface area (Å²) in [4.78, 5) is 12.4. The van der Waals surface area contributed by atoms with E-state index in [9.17, 15) is 4.79 Å². The van der Waals surface area contributed by atoms with Gasteiger partial charge in [0.05, 0.1) is 0 Å². The SMILES string of the molecule is CC(C)c1ccccc1NC(=O)NCCC(c1ccccc1)c1ccccc1. The number of hydrogen-bond donors (Lipinski definition) is 2. The van der Waals surface area contributed by atoms with Crippen LogP contribution in [0.1, 0.15) is 48.8 Å². The average molecular weight is 373 g/mol. The van der Waals surface area contributed by atoms with Gasteiger partial charge in [-0.1, -0.05) is 92.7 Å². The molecule has 0 unspecified atom stereocenters. The Morgan fingerprint density at radius 1 is 0.786 bits per heavy atom. The van der Waals surface area contributed by atoms with Crippen molar-refractivity contribution in [3.8, 4) is 0 Å². The monoisotopic (exact) mass is 372 g/mol. The first-order chi connectivity index (χ1) is 13.6. The minimum absolute atomic E-state index is 0.159. The molecule has 0 radical (unpaired) electrons. The Labute approximate surface area is 167 Å². The average Bonchev–Trinajstić information content (AvgIpc) is 2.73. The molecule has 3 rings (SSSR count). The summed E-state index contributed by atoms with van der Waals surface area (Å²) >= 11 is 0. The van der Waals surface area contributed by atoms with Gasteiger partial charge in [-0.05, 0) is 35.1 Å². The normalized spacial score (nSPS) is 10.9. The molecule has 0 atom stereocenters. The molecule has 0 spiro atoms. The van der Waals surface area contributed by atoms with Gasteiger partial charge in [0, 0.05) is 18.2 Å². The van der Waals surface area contributed by atoms with Gasteiger partial charge in [0.15, 0.2) is 0 Å². The highest BCUT2D eigenvalue weighted by Gasteiger charge is 2.14. The second-order valence-electron chi connectivity index (χ2n) is 7.29. The first-order valence-electron chi connectivity index (χ1n) is 9.89. The number of anilines is 1. The summed E-state index contributed by atoms with van der Waals surface area (Å²) in [5, 5.41) is 6.01. The van der Waals surface area contributed by atoms with E-state index in [2.05, 4.69) is 79.1 Å². The van der Waals surface area contributed by atoms with Crippen LogP contribution in [-0.4, -0.2) is 12.6 Å². The number of urea groups is 1. The van der Waals surface area contributed by atoms with Crippen molar-refractivity contribution >= 4 is 11.7 Å². The van der Waals surface area contributed by atoms with Gasteiger partial charge in [0.1, 0.15) is 0 Å². The van der Waals surface area contributed by atoms with Gasteiger partial charge in [-0.15, -0.1) is 0 Å². The van der Waals surface area contributed by atoms with E-state index < -0.39 is 0 Å². The molecule has 0 aromatic heterocycles. The van der Waals surface area contributed by atoms with Crippen molar-refractivity contribution in [3.63, 3.8) is 0 Å². The van der Waals surface area contributed by atoms with Crippen molar-refractivity contribution < 1.29 is 4.79 Å². The molecule has 3 nitrogen and oxygen atoms in total. The number of nitrogens with one attached hydrogen (secondary N) is 2. The quantitative estimate of drug-likeness (QED) is 0.513. The van der Waals surface area contributed by atoms with Crippen molar-refractivity contribution in [1.82, 2.24) is 5.32 Å². The molecule has 0 bridgehead atoms. The maximum absolute atomic E-state index is 12.4. The van der Waals surface area contributed by atoms with E-state index in [1.54, 1.807) is 0 Å². The van der Waals surface area contributed by atoms with Crippen LogP contribution in [0, 0.1) is 0 Å². The lowest BCUT2D eigenvalue weighted by Crippen LogP contribution is -2.30. The van der Waals surface area contributed by atoms with Crippen molar-refractivity contribution in [2.75, 3.05) is 11.9 Å². The summed E-state index contributed by atoms with van der Waals surface area (Å²) in [6.45, 7) is 4.86. The van der Waals surface area contributed by atoms with Crippen LogP contribution in [0.2, 0.25) is 0 Å². The molecular weight excluding hydrogens is 344 g/mol. The number of hydrogen-bond acceptors (Lipinski definition) is 1. The Morgan fingerprint density at radius 2 is 1.32 bits per heavy atom. The fourth-order valence-corrected chi connectivity index (χ4v) is 3.51. The molecule has 3 aromatic carbocycles. The molecule has 0 aliphatic heterocycles. The zero-order chi connectivity index (χ0) is 19.8. The van der Waals surface area contributed by atoms with Crippen molar-refractivity contribution in [2.45, 2.75) is 32.1 Å². The smallest absolute Gasteiger partial charge is 0.319 e. The molecule has 0 aliphatic rings. The van der Waals surface area contributed by atoms with E-state index >= 15 is 0 Å². The molecule has 2 N–H and O–H groups in total. The Bertz CT molecular complexity index is 836. The Kier molecular flexibility index (Phi) is 6.85. The molecule has 28 heavy (non-hydrogen) atoms. The molecule has 0 aliphatic carbocycles. The highest BCUT2D eigenvalue weighted by molar-refractivity contribution is 5.90. The Hall–Kier alpha value is -3.07. The van der Waals surface area contributed by atoms with E-state index in [1.807, 2.05) is 30.3 Å². The summed E-state index contributed by atoms with van der Waals surface area (Å²) in [6.07, 6.45) is 0.841. The summed E-state index contributed by atoms with van der Waals surface area (Å²) in [7, 11) is 0. The molecule has 0 fully saturated rings. The molecule has 144 valence electrons. The maximum Gasteiger partial charge on any atom is 0.319 e. The van der Waals surface area contributed by atoms with E-state index in [-0.39, 0.29) is 11.9 Å². The third kappa shape index (κ3) is 5.23. The fourth-order valence-electron chi connectivity index (χ4n) is 3.51. The summed E-state index contributed by atoms with van der Waals surface area (Å²) in [5.74, 6) is 0.614. The summed E-state index contributed by atoms with van der Waals surface area (Å²) in [5.41, 5.74) is 4.55. The van der Waals surface area contributed by atoms with E-state index in [4.69, 9.17) is 0 Å². The molecule has 3 heteroatoms. The summed E-state index contributed by atoms with van der Waals surface area (Å²) < 4.78 is 0. The fraction of sp³-hybridized carbons (Fsp3) is 0.240.